The predicted octanol–water partition coefficient (Wildman–Crippen LogP) is 2.55. The number of rotatable bonds is 3. The molecule has 2 N–H and O–H groups in total. The Bertz CT molecular complexity index is 79.2. The minimum atomic E-state index is 0.377. The van der Waals surface area contributed by atoms with Gasteiger partial charge in [-0.05, 0) is 25.2 Å². The molecular formula is C9H21N. The van der Waals surface area contributed by atoms with Gasteiger partial charge in [0.15, 0.2) is 0 Å². The highest BCUT2D eigenvalue weighted by Crippen LogP contribution is 2.21. The third-order valence-corrected chi connectivity index (χ3v) is 1.59. The molecule has 0 aliphatic rings. The summed E-state index contributed by atoms with van der Waals surface area (Å²) in [4.78, 5) is 0. The van der Waals surface area contributed by atoms with E-state index in [-0.39, 0.29) is 0 Å². The Kier molecular flexibility index (Phi) is 3.95. The van der Waals surface area contributed by atoms with E-state index in [1.807, 2.05) is 0 Å². The molecule has 0 saturated carbocycles. The summed E-state index contributed by atoms with van der Waals surface area (Å²) in [6, 6.07) is 0.377. The van der Waals surface area contributed by atoms with E-state index in [9.17, 15) is 0 Å². The first kappa shape index (κ1) is 9.96. The van der Waals surface area contributed by atoms with Crippen LogP contribution in [0.5, 0.6) is 0 Å². The van der Waals surface area contributed by atoms with E-state index in [1.54, 1.807) is 0 Å². The average molecular weight is 143 g/mol. The van der Waals surface area contributed by atoms with Crippen molar-refractivity contribution in [3.8, 4) is 0 Å². The van der Waals surface area contributed by atoms with Crippen LogP contribution in [0.3, 0.4) is 0 Å². The van der Waals surface area contributed by atoms with Gasteiger partial charge in [0.25, 0.3) is 0 Å². The lowest BCUT2D eigenvalue weighted by Gasteiger charge is -2.18. The van der Waals surface area contributed by atoms with E-state index in [0.29, 0.717) is 11.5 Å². The van der Waals surface area contributed by atoms with Gasteiger partial charge in [-0.15, -0.1) is 0 Å². The van der Waals surface area contributed by atoms with E-state index in [1.165, 1.54) is 12.8 Å². The summed E-state index contributed by atoms with van der Waals surface area (Å²) >= 11 is 0. The van der Waals surface area contributed by atoms with Gasteiger partial charge in [0.05, 0.1) is 0 Å². The lowest BCUT2D eigenvalue weighted by atomic mass is 9.89. The van der Waals surface area contributed by atoms with E-state index in [4.69, 9.17) is 5.73 Å². The topological polar surface area (TPSA) is 26.0 Å². The van der Waals surface area contributed by atoms with E-state index < -0.39 is 0 Å². The smallest absolute Gasteiger partial charge is 0.00104 e. The number of hydrogen-bond donors (Lipinski definition) is 1. The van der Waals surface area contributed by atoms with E-state index in [2.05, 4.69) is 27.7 Å². The summed E-state index contributed by atoms with van der Waals surface area (Å²) in [7, 11) is 0. The number of hydrogen-bond acceptors (Lipinski definition) is 1. The number of nitrogens with two attached hydrogens (primary N) is 1. The highest BCUT2D eigenvalue weighted by molar-refractivity contribution is 4.63. The molecule has 0 heterocycles. The van der Waals surface area contributed by atoms with Crippen molar-refractivity contribution in [1.82, 2.24) is 0 Å². The average Bonchev–Trinajstić information content (AvgIpc) is 1.59. The summed E-state index contributed by atoms with van der Waals surface area (Å²) in [5, 5.41) is 0. The van der Waals surface area contributed by atoms with Crippen molar-refractivity contribution in [2.45, 2.75) is 53.0 Å². The molecule has 1 unspecified atom stereocenters. The first-order valence-electron chi connectivity index (χ1n) is 4.17. The fraction of sp³-hybridized carbons (Fsp3) is 1.00. The Morgan fingerprint density at radius 1 is 1.30 bits per heavy atom. The SMILES string of the molecule is CC(N)CCCC(C)(C)C. The first-order valence-corrected chi connectivity index (χ1v) is 4.17. The molecule has 1 nitrogen and oxygen atoms in total. The van der Waals surface area contributed by atoms with Crippen molar-refractivity contribution >= 4 is 0 Å². The molecule has 62 valence electrons. The second-order valence-electron chi connectivity index (χ2n) is 4.43. The molecule has 0 aliphatic heterocycles. The fourth-order valence-electron chi connectivity index (χ4n) is 0.954. The largest absolute Gasteiger partial charge is 0.328 e. The highest BCUT2D eigenvalue weighted by atomic mass is 14.6. The molecule has 1 atom stereocenters. The first-order chi connectivity index (χ1) is 4.42. The standard InChI is InChI=1S/C9H21N/c1-8(10)6-5-7-9(2,3)4/h8H,5-7,10H2,1-4H3. The maximum absolute atomic E-state index is 5.62. The zero-order valence-corrected chi connectivity index (χ0v) is 7.78. The van der Waals surface area contributed by atoms with Gasteiger partial charge in [-0.3, -0.25) is 0 Å². The van der Waals surface area contributed by atoms with Crippen molar-refractivity contribution in [2.75, 3.05) is 0 Å². The molecule has 0 fully saturated rings. The highest BCUT2D eigenvalue weighted by Gasteiger charge is 2.09. The molecule has 0 aromatic rings. The molecular weight excluding hydrogens is 122 g/mol. The van der Waals surface area contributed by atoms with Crippen molar-refractivity contribution in [1.29, 1.82) is 0 Å². The maximum Gasteiger partial charge on any atom is 0.00104 e. The molecule has 0 radical (unpaired) electrons. The van der Waals surface area contributed by atoms with Crippen LogP contribution in [0.1, 0.15) is 47.0 Å². The van der Waals surface area contributed by atoms with Crippen LogP contribution >= 0.6 is 0 Å². The van der Waals surface area contributed by atoms with Crippen LogP contribution in [0, 0.1) is 5.41 Å². The Balaban J connectivity index is 3.21. The molecule has 0 amide bonds. The van der Waals surface area contributed by atoms with Crippen LogP contribution in [0.15, 0.2) is 0 Å². The fourth-order valence-corrected chi connectivity index (χ4v) is 0.954. The van der Waals surface area contributed by atoms with E-state index >= 15 is 0 Å². The molecule has 0 aromatic carbocycles. The Morgan fingerprint density at radius 3 is 2.10 bits per heavy atom. The normalized spacial score (nSPS) is 15.3. The Labute approximate surface area is 65.0 Å². The van der Waals surface area contributed by atoms with E-state index in [0.717, 1.165) is 6.42 Å². The molecule has 0 aromatic heterocycles. The van der Waals surface area contributed by atoms with Crippen LogP contribution < -0.4 is 5.73 Å². The van der Waals surface area contributed by atoms with Gasteiger partial charge in [0.2, 0.25) is 0 Å². The molecule has 0 saturated heterocycles. The third kappa shape index (κ3) is 7.96. The van der Waals surface area contributed by atoms with Gasteiger partial charge in [-0.2, -0.15) is 0 Å². The van der Waals surface area contributed by atoms with Gasteiger partial charge in [-0.25, -0.2) is 0 Å². The van der Waals surface area contributed by atoms with Crippen LogP contribution in [-0.4, -0.2) is 6.04 Å². The zero-order chi connectivity index (χ0) is 8.20. The van der Waals surface area contributed by atoms with Crippen LogP contribution in [0.2, 0.25) is 0 Å². The van der Waals surface area contributed by atoms with Crippen LogP contribution in [0.4, 0.5) is 0 Å². The lowest BCUT2D eigenvalue weighted by molar-refractivity contribution is 0.354. The zero-order valence-electron chi connectivity index (χ0n) is 7.78. The van der Waals surface area contributed by atoms with Gasteiger partial charge in [0, 0.05) is 6.04 Å². The van der Waals surface area contributed by atoms with Gasteiger partial charge >= 0.3 is 0 Å². The molecule has 0 spiro atoms. The molecule has 10 heavy (non-hydrogen) atoms. The lowest BCUT2D eigenvalue weighted by Crippen LogP contribution is -2.15. The van der Waals surface area contributed by atoms with Gasteiger partial charge < -0.3 is 5.73 Å². The molecule has 0 aliphatic carbocycles. The van der Waals surface area contributed by atoms with Crippen molar-refractivity contribution in [2.24, 2.45) is 11.1 Å². The monoisotopic (exact) mass is 143 g/mol. The van der Waals surface area contributed by atoms with Gasteiger partial charge in [-0.1, -0.05) is 27.2 Å². The molecule has 1 heteroatoms. The van der Waals surface area contributed by atoms with Crippen LogP contribution in [-0.2, 0) is 0 Å². The predicted molar refractivity (Wildman–Crippen MR) is 47.0 cm³/mol. The third-order valence-electron chi connectivity index (χ3n) is 1.59. The quantitative estimate of drug-likeness (QED) is 0.645. The van der Waals surface area contributed by atoms with Crippen molar-refractivity contribution in [3.63, 3.8) is 0 Å². The minimum absolute atomic E-state index is 0.377. The maximum atomic E-state index is 5.62. The van der Waals surface area contributed by atoms with Crippen LogP contribution in [0.25, 0.3) is 0 Å². The summed E-state index contributed by atoms with van der Waals surface area (Å²) in [5.41, 5.74) is 6.10. The second-order valence-corrected chi connectivity index (χ2v) is 4.43. The Morgan fingerprint density at radius 2 is 1.80 bits per heavy atom. The van der Waals surface area contributed by atoms with Crippen molar-refractivity contribution < 1.29 is 0 Å². The minimum Gasteiger partial charge on any atom is -0.328 e. The molecule has 0 bridgehead atoms. The Hall–Kier alpha value is -0.0400. The molecule has 0 rings (SSSR count). The second kappa shape index (κ2) is 3.97. The summed E-state index contributed by atoms with van der Waals surface area (Å²) in [5.74, 6) is 0. The summed E-state index contributed by atoms with van der Waals surface area (Å²) in [6.45, 7) is 8.89. The van der Waals surface area contributed by atoms with Gasteiger partial charge in [0.1, 0.15) is 0 Å². The van der Waals surface area contributed by atoms with Crippen molar-refractivity contribution in [3.05, 3.63) is 0 Å². The summed E-state index contributed by atoms with van der Waals surface area (Å²) in [6.07, 6.45) is 3.72. The summed E-state index contributed by atoms with van der Waals surface area (Å²) < 4.78 is 0.